The Kier molecular flexibility index (Phi) is 6.57. The summed E-state index contributed by atoms with van der Waals surface area (Å²) in [5, 5.41) is 0.459. The van der Waals surface area contributed by atoms with Crippen molar-refractivity contribution in [2.75, 3.05) is 34.2 Å². The monoisotopic (exact) mass is 358 g/mol. The maximum atomic E-state index is 12.5. The van der Waals surface area contributed by atoms with Crippen molar-refractivity contribution in [1.29, 1.82) is 0 Å². The summed E-state index contributed by atoms with van der Waals surface area (Å²) in [5.74, 6) is 0.125. The SMILES string of the molecule is CN(C)CCN(C)S(=O)(=O)c1cc(CCl)c(Cl)cc1Cl. The van der Waals surface area contributed by atoms with E-state index in [2.05, 4.69) is 0 Å². The molecule has 0 unspecified atom stereocenters. The van der Waals surface area contributed by atoms with Gasteiger partial charge in [-0.25, -0.2) is 8.42 Å². The van der Waals surface area contributed by atoms with E-state index >= 15 is 0 Å². The third kappa shape index (κ3) is 4.23. The Balaban J connectivity index is 3.15. The lowest BCUT2D eigenvalue weighted by Crippen LogP contribution is -2.33. The Morgan fingerprint density at radius 3 is 2.15 bits per heavy atom. The molecule has 4 nitrogen and oxygen atoms in total. The number of sulfonamides is 1. The number of benzene rings is 1. The van der Waals surface area contributed by atoms with E-state index in [0.29, 0.717) is 23.7 Å². The minimum atomic E-state index is -3.66. The number of hydrogen-bond donors (Lipinski definition) is 0. The van der Waals surface area contributed by atoms with Gasteiger partial charge in [-0.15, -0.1) is 11.6 Å². The Bertz CT molecular complexity index is 576. The summed E-state index contributed by atoms with van der Waals surface area (Å²) in [6, 6.07) is 2.84. The molecule has 0 radical (unpaired) electrons. The Hall–Kier alpha value is -0.0400. The molecular formula is C12H17Cl3N2O2S. The molecule has 1 rings (SSSR count). The first-order valence-corrected chi connectivity index (χ1v) is 8.58. The molecule has 8 heteroatoms. The minimum absolute atomic E-state index is 0.0282. The summed E-state index contributed by atoms with van der Waals surface area (Å²) in [5.41, 5.74) is 0.539. The van der Waals surface area contributed by atoms with Crippen LogP contribution in [0.25, 0.3) is 0 Å². The molecular weight excluding hydrogens is 343 g/mol. The molecule has 1 aromatic rings. The minimum Gasteiger partial charge on any atom is -0.308 e. The van der Waals surface area contributed by atoms with Crippen LogP contribution in [-0.4, -0.2) is 51.9 Å². The molecule has 0 aliphatic heterocycles. The molecule has 0 bridgehead atoms. The van der Waals surface area contributed by atoms with Crippen LogP contribution in [0, 0.1) is 0 Å². The lowest BCUT2D eigenvalue weighted by Gasteiger charge is -2.20. The van der Waals surface area contributed by atoms with Crippen molar-refractivity contribution in [3.63, 3.8) is 0 Å². The molecule has 1 aromatic carbocycles. The summed E-state index contributed by atoms with van der Waals surface area (Å²) in [7, 11) is 1.61. The largest absolute Gasteiger partial charge is 0.308 e. The van der Waals surface area contributed by atoms with Gasteiger partial charge in [0.1, 0.15) is 4.90 Å². The summed E-state index contributed by atoms with van der Waals surface area (Å²) >= 11 is 17.7. The first-order valence-electron chi connectivity index (χ1n) is 5.85. The highest BCUT2D eigenvalue weighted by atomic mass is 35.5. The maximum absolute atomic E-state index is 12.5. The summed E-state index contributed by atoms with van der Waals surface area (Å²) in [4.78, 5) is 1.93. The average Bonchev–Trinajstić information content (AvgIpc) is 2.35. The van der Waals surface area contributed by atoms with Gasteiger partial charge in [0.2, 0.25) is 10.0 Å². The molecule has 0 saturated heterocycles. The van der Waals surface area contributed by atoms with Gasteiger partial charge in [0, 0.05) is 31.0 Å². The van der Waals surface area contributed by atoms with Gasteiger partial charge in [0.15, 0.2) is 0 Å². The maximum Gasteiger partial charge on any atom is 0.244 e. The fourth-order valence-electron chi connectivity index (χ4n) is 1.50. The highest BCUT2D eigenvalue weighted by Gasteiger charge is 2.24. The standard InChI is InChI=1S/C12H17Cl3N2O2S/c1-16(2)4-5-17(3)20(18,19)12-6-9(8-13)10(14)7-11(12)15/h6-7H,4-5,8H2,1-3H3. The first-order chi connectivity index (χ1) is 9.20. The topological polar surface area (TPSA) is 40.6 Å². The lowest BCUT2D eigenvalue weighted by atomic mass is 10.2. The zero-order valence-electron chi connectivity index (χ0n) is 11.5. The molecule has 0 aliphatic carbocycles. The number of rotatable bonds is 6. The second-order valence-electron chi connectivity index (χ2n) is 4.64. The summed E-state index contributed by atoms with van der Waals surface area (Å²) in [6.45, 7) is 0.980. The van der Waals surface area contributed by atoms with Gasteiger partial charge in [-0.3, -0.25) is 0 Å². The quantitative estimate of drug-likeness (QED) is 0.733. The predicted molar refractivity (Wildman–Crippen MR) is 84.4 cm³/mol. The second-order valence-corrected chi connectivity index (χ2v) is 7.73. The normalized spacial score (nSPS) is 12.4. The molecule has 0 N–H and O–H groups in total. The van der Waals surface area contributed by atoms with E-state index in [9.17, 15) is 8.42 Å². The van der Waals surface area contributed by atoms with E-state index in [1.54, 1.807) is 0 Å². The van der Waals surface area contributed by atoms with Crippen LogP contribution in [0.1, 0.15) is 5.56 Å². The van der Waals surface area contributed by atoms with Gasteiger partial charge in [0.25, 0.3) is 0 Å². The predicted octanol–water partition coefficient (Wildman–Crippen LogP) is 2.91. The molecule has 0 saturated carbocycles. The van der Waals surface area contributed by atoms with Crippen LogP contribution in [0.2, 0.25) is 10.0 Å². The van der Waals surface area contributed by atoms with Gasteiger partial charge in [0.05, 0.1) is 5.02 Å². The molecule has 0 aromatic heterocycles. The third-order valence-electron chi connectivity index (χ3n) is 2.80. The third-order valence-corrected chi connectivity index (χ3v) is 5.76. The van der Waals surface area contributed by atoms with Gasteiger partial charge >= 0.3 is 0 Å². The van der Waals surface area contributed by atoms with Crippen LogP contribution in [0.15, 0.2) is 17.0 Å². The van der Waals surface area contributed by atoms with Crippen molar-refractivity contribution < 1.29 is 8.42 Å². The number of likely N-dealkylation sites (N-methyl/N-ethyl adjacent to an activating group) is 2. The van der Waals surface area contributed by atoms with Crippen LogP contribution in [0.4, 0.5) is 0 Å². The highest BCUT2D eigenvalue weighted by Crippen LogP contribution is 2.31. The van der Waals surface area contributed by atoms with Crippen molar-refractivity contribution in [2.24, 2.45) is 0 Å². The average molecular weight is 360 g/mol. The summed E-state index contributed by atoms with van der Waals surface area (Å²) in [6.07, 6.45) is 0. The van der Waals surface area contributed by atoms with E-state index in [4.69, 9.17) is 34.8 Å². The first kappa shape index (κ1) is 18.0. The van der Waals surface area contributed by atoms with Crippen molar-refractivity contribution in [1.82, 2.24) is 9.21 Å². The molecule has 114 valence electrons. The van der Waals surface area contributed by atoms with Gasteiger partial charge in [-0.05, 0) is 31.8 Å². The fourth-order valence-corrected chi connectivity index (χ4v) is 3.79. The van der Waals surface area contributed by atoms with Crippen LogP contribution in [-0.2, 0) is 15.9 Å². The number of halogens is 3. The van der Waals surface area contributed by atoms with E-state index < -0.39 is 10.0 Å². The second kappa shape index (κ2) is 7.29. The van der Waals surface area contributed by atoms with Gasteiger partial charge < -0.3 is 4.90 Å². The smallest absolute Gasteiger partial charge is 0.244 e. The van der Waals surface area contributed by atoms with Crippen molar-refractivity contribution in [3.05, 3.63) is 27.7 Å². The van der Waals surface area contributed by atoms with Crippen LogP contribution in [0.5, 0.6) is 0 Å². The number of nitrogens with zero attached hydrogens (tertiary/aromatic N) is 2. The van der Waals surface area contributed by atoms with E-state index in [-0.39, 0.29) is 15.8 Å². The number of alkyl halides is 1. The van der Waals surface area contributed by atoms with Crippen LogP contribution < -0.4 is 0 Å². The van der Waals surface area contributed by atoms with E-state index in [1.165, 1.54) is 23.5 Å². The summed E-state index contributed by atoms with van der Waals surface area (Å²) < 4.78 is 26.2. The fraction of sp³-hybridized carbons (Fsp3) is 0.500. The highest BCUT2D eigenvalue weighted by molar-refractivity contribution is 7.89. The Morgan fingerprint density at radius 2 is 1.65 bits per heavy atom. The lowest BCUT2D eigenvalue weighted by molar-refractivity contribution is 0.358. The van der Waals surface area contributed by atoms with E-state index in [0.717, 1.165) is 0 Å². The molecule has 0 heterocycles. The molecule has 0 atom stereocenters. The zero-order valence-corrected chi connectivity index (χ0v) is 14.6. The van der Waals surface area contributed by atoms with Crippen LogP contribution >= 0.6 is 34.8 Å². The molecule has 0 fully saturated rings. The molecule has 0 amide bonds. The molecule has 20 heavy (non-hydrogen) atoms. The van der Waals surface area contributed by atoms with Crippen molar-refractivity contribution in [2.45, 2.75) is 10.8 Å². The van der Waals surface area contributed by atoms with Gasteiger partial charge in [-0.2, -0.15) is 4.31 Å². The van der Waals surface area contributed by atoms with E-state index in [1.807, 2.05) is 19.0 Å². The van der Waals surface area contributed by atoms with Crippen molar-refractivity contribution >= 4 is 44.8 Å². The Labute approximate surface area is 135 Å². The molecule has 0 aliphatic rings. The Morgan fingerprint density at radius 1 is 1.05 bits per heavy atom. The molecule has 0 spiro atoms. The zero-order chi connectivity index (χ0) is 15.5. The number of hydrogen-bond acceptors (Lipinski definition) is 3. The van der Waals surface area contributed by atoms with Crippen molar-refractivity contribution in [3.8, 4) is 0 Å². The van der Waals surface area contributed by atoms with Gasteiger partial charge in [-0.1, -0.05) is 23.2 Å². The van der Waals surface area contributed by atoms with Crippen LogP contribution in [0.3, 0.4) is 0 Å².